The van der Waals surface area contributed by atoms with Gasteiger partial charge in [0.25, 0.3) is 6.43 Å². The maximum absolute atomic E-state index is 12.5. The molecular formula is C9H5F5N2O. The molecule has 0 saturated carbocycles. The minimum absolute atomic E-state index is 0.366. The number of halogens is 5. The van der Waals surface area contributed by atoms with E-state index >= 15 is 0 Å². The van der Waals surface area contributed by atoms with Crippen LogP contribution in [0.3, 0.4) is 0 Å². The van der Waals surface area contributed by atoms with Gasteiger partial charge in [0.1, 0.15) is 11.8 Å². The lowest BCUT2D eigenvalue weighted by molar-refractivity contribution is -0.141. The lowest BCUT2D eigenvalue weighted by atomic mass is 10.1. The van der Waals surface area contributed by atoms with Gasteiger partial charge >= 0.3 is 6.18 Å². The molecule has 0 aliphatic heterocycles. The van der Waals surface area contributed by atoms with Crippen LogP contribution in [0.4, 0.5) is 22.0 Å². The van der Waals surface area contributed by atoms with Crippen molar-refractivity contribution in [1.82, 2.24) is 4.98 Å². The number of nitrogens with zero attached hydrogens (tertiary/aromatic N) is 2. The Balaban J connectivity index is 3.53. The Labute approximate surface area is 92.4 Å². The number of hydrogen-bond donors (Lipinski definition) is 0. The van der Waals surface area contributed by atoms with Gasteiger partial charge in [-0.15, -0.1) is 0 Å². The molecule has 0 unspecified atom stereocenters. The number of ether oxygens (including phenoxy) is 1. The molecule has 8 heteroatoms. The molecule has 0 fully saturated rings. The quantitative estimate of drug-likeness (QED) is 0.760. The molecule has 0 spiro atoms. The molecule has 1 aromatic heterocycles. The molecule has 0 saturated heterocycles. The highest BCUT2D eigenvalue weighted by molar-refractivity contribution is 5.47. The topological polar surface area (TPSA) is 45.9 Å². The summed E-state index contributed by atoms with van der Waals surface area (Å²) in [6.45, 7) is 0. The van der Waals surface area contributed by atoms with Crippen molar-refractivity contribution in [3.63, 3.8) is 0 Å². The summed E-state index contributed by atoms with van der Waals surface area (Å²) < 4.78 is 66.4. The molecule has 0 bridgehead atoms. The fourth-order valence-corrected chi connectivity index (χ4v) is 1.14. The van der Waals surface area contributed by atoms with Gasteiger partial charge in [0.2, 0.25) is 0 Å². The van der Waals surface area contributed by atoms with Crippen molar-refractivity contribution in [2.24, 2.45) is 0 Å². The van der Waals surface area contributed by atoms with Gasteiger partial charge in [-0.25, -0.2) is 13.8 Å². The maximum atomic E-state index is 12.5. The van der Waals surface area contributed by atoms with E-state index in [2.05, 4.69) is 9.72 Å². The fourth-order valence-electron chi connectivity index (χ4n) is 1.14. The summed E-state index contributed by atoms with van der Waals surface area (Å²) in [5.74, 6) is -0.643. The van der Waals surface area contributed by atoms with Crippen LogP contribution in [-0.2, 0) is 6.18 Å². The van der Waals surface area contributed by atoms with Crippen LogP contribution in [0.15, 0.2) is 6.07 Å². The standard InChI is InChI=1S/C9H5F5N2O/c1-17-7-4(3-15)2-5(9(12,13)14)16-6(7)8(10)11/h2,8H,1H3. The van der Waals surface area contributed by atoms with Gasteiger partial charge < -0.3 is 4.74 Å². The van der Waals surface area contributed by atoms with E-state index in [0.717, 1.165) is 7.11 Å². The summed E-state index contributed by atoms with van der Waals surface area (Å²) in [7, 11) is 0.969. The summed E-state index contributed by atoms with van der Waals surface area (Å²) in [5, 5.41) is 8.58. The van der Waals surface area contributed by atoms with Gasteiger partial charge in [-0.1, -0.05) is 0 Å². The molecule has 0 aliphatic carbocycles. The fraction of sp³-hybridized carbons (Fsp3) is 0.333. The Morgan fingerprint density at radius 1 is 1.41 bits per heavy atom. The van der Waals surface area contributed by atoms with E-state index in [1.807, 2.05) is 0 Å². The number of aromatic nitrogens is 1. The molecule has 92 valence electrons. The third kappa shape index (κ3) is 2.61. The van der Waals surface area contributed by atoms with Crippen LogP contribution in [-0.4, -0.2) is 12.1 Å². The molecule has 17 heavy (non-hydrogen) atoms. The van der Waals surface area contributed by atoms with Gasteiger partial charge in [0.15, 0.2) is 11.4 Å². The Kier molecular flexibility index (Phi) is 3.50. The normalized spacial score (nSPS) is 11.4. The second-order valence-electron chi connectivity index (χ2n) is 2.88. The molecule has 0 atom stereocenters. The lowest BCUT2D eigenvalue weighted by Crippen LogP contribution is -2.12. The second kappa shape index (κ2) is 4.53. The first-order chi connectivity index (χ1) is 7.81. The number of pyridine rings is 1. The van der Waals surface area contributed by atoms with Crippen molar-refractivity contribution in [2.45, 2.75) is 12.6 Å². The summed E-state index contributed by atoms with van der Waals surface area (Å²) in [6, 6.07) is 1.72. The van der Waals surface area contributed by atoms with E-state index in [4.69, 9.17) is 5.26 Å². The summed E-state index contributed by atoms with van der Waals surface area (Å²) in [4.78, 5) is 2.77. The molecule has 3 nitrogen and oxygen atoms in total. The Bertz CT molecular complexity index is 464. The highest BCUT2D eigenvalue weighted by atomic mass is 19.4. The molecule has 0 radical (unpaired) electrons. The molecule has 1 rings (SSSR count). The van der Waals surface area contributed by atoms with Crippen molar-refractivity contribution in [3.8, 4) is 11.8 Å². The second-order valence-corrected chi connectivity index (χ2v) is 2.88. The summed E-state index contributed by atoms with van der Waals surface area (Å²) in [5.41, 5.74) is -3.38. The lowest BCUT2D eigenvalue weighted by Gasteiger charge is -2.12. The number of nitriles is 1. The number of rotatable bonds is 2. The summed E-state index contributed by atoms with van der Waals surface area (Å²) >= 11 is 0. The molecule has 1 aromatic rings. The Hall–Kier alpha value is -1.91. The van der Waals surface area contributed by atoms with Crippen molar-refractivity contribution < 1.29 is 26.7 Å². The van der Waals surface area contributed by atoms with E-state index in [0.29, 0.717) is 6.07 Å². The van der Waals surface area contributed by atoms with Gasteiger partial charge in [-0.05, 0) is 6.07 Å². The van der Waals surface area contributed by atoms with Gasteiger partial charge in [-0.3, -0.25) is 0 Å². The molecule has 0 aromatic carbocycles. The smallest absolute Gasteiger partial charge is 0.433 e. The van der Waals surface area contributed by atoms with Crippen LogP contribution in [0.2, 0.25) is 0 Å². The third-order valence-corrected chi connectivity index (χ3v) is 1.82. The Morgan fingerprint density at radius 3 is 2.35 bits per heavy atom. The minimum Gasteiger partial charge on any atom is -0.493 e. The first-order valence-corrected chi connectivity index (χ1v) is 4.15. The molecular weight excluding hydrogens is 247 g/mol. The van der Waals surface area contributed by atoms with Crippen molar-refractivity contribution in [3.05, 3.63) is 23.0 Å². The summed E-state index contributed by atoms with van der Waals surface area (Å²) in [6.07, 6.45) is -8.17. The van der Waals surface area contributed by atoms with E-state index in [-0.39, 0.29) is 0 Å². The van der Waals surface area contributed by atoms with Crippen LogP contribution in [0.25, 0.3) is 0 Å². The zero-order chi connectivity index (χ0) is 13.2. The minimum atomic E-state index is -4.90. The van der Waals surface area contributed by atoms with E-state index in [1.54, 1.807) is 0 Å². The monoisotopic (exact) mass is 252 g/mol. The van der Waals surface area contributed by atoms with E-state index in [9.17, 15) is 22.0 Å². The first kappa shape index (κ1) is 13.2. The number of methoxy groups -OCH3 is 1. The van der Waals surface area contributed by atoms with Crippen LogP contribution >= 0.6 is 0 Å². The van der Waals surface area contributed by atoms with Crippen molar-refractivity contribution >= 4 is 0 Å². The predicted octanol–water partition coefficient (Wildman–Crippen LogP) is 2.92. The van der Waals surface area contributed by atoms with Crippen molar-refractivity contribution in [1.29, 1.82) is 5.26 Å². The van der Waals surface area contributed by atoms with E-state index < -0.39 is 35.3 Å². The van der Waals surface area contributed by atoms with Gasteiger partial charge in [-0.2, -0.15) is 18.4 Å². The number of alkyl halides is 5. The largest absolute Gasteiger partial charge is 0.493 e. The van der Waals surface area contributed by atoms with Crippen LogP contribution in [0.5, 0.6) is 5.75 Å². The molecule has 0 N–H and O–H groups in total. The number of hydrogen-bond acceptors (Lipinski definition) is 3. The molecule has 0 aliphatic rings. The first-order valence-electron chi connectivity index (χ1n) is 4.15. The van der Waals surface area contributed by atoms with E-state index in [1.165, 1.54) is 6.07 Å². The SMILES string of the molecule is COc1c(C#N)cc(C(F)(F)F)nc1C(F)F. The average molecular weight is 252 g/mol. The Morgan fingerprint density at radius 2 is 2.00 bits per heavy atom. The zero-order valence-electron chi connectivity index (χ0n) is 8.35. The third-order valence-electron chi connectivity index (χ3n) is 1.82. The van der Waals surface area contributed by atoms with Crippen LogP contribution < -0.4 is 4.74 Å². The maximum Gasteiger partial charge on any atom is 0.433 e. The zero-order valence-corrected chi connectivity index (χ0v) is 8.35. The van der Waals surface area contributed by atoms with Gasteiger partial charge in [0, 0.05) is 0 Å². The highest BCUT2D eigenvalue weighted by Gasteiger charge is 2.35. The average Bonchev–Trinajstić information content (AvgIpc) is 2.25. The predicted molar refractivity (Wildman–Crippen MR) is 45.5 cm³/mol. The van der Waals surface area contributed by atoms with Crippen molar-refractivity contribution in [2.75, 3.05) is 7.11 Å². The van der Waals surface area contributed by atoms with Crippen LogP contribution in [0, 0.1) is 11.3 Å². The van der Waals surface area contributed by atoms with Crippen LogP contribution in [0.1, 0.15) is 23.4 Å². The molecule has 1 heterocycles. The molecule has 0 amide bonds. The van der Waals surface area contributed by atoms with Gasteiger partial charge in [0.05, 0.1) is 12.7 Å². The highest BCUT2D eigenvalue weighted by Crippen LogP contribution is 2.35.